The first-order valence-electron chi connectivity index (χ1n) is 12.0. The summed E-state index contributed by atoms with van der Waals surface area (Å²) in [6.07, 6.45) is 19.1. The lowest BCUT2D eigenvalue weighted by Crippen LogP contribution is -2.10. The molecule has 172 valence electrons. The van der Waals surface area contributed by atoms with Crippen molar-refractivity contribution < 1.29 is 23.8 Å². The third kappa shape index (κ3) is 23.0. The van der Waals surface area contributed by atoms with Crippen LogP contribution in [0, 0.1) is 0 Å². The Morgan fingerprint density at radius 2 is 0.931 bits per heavy atom. The van der Waals surface area contributed by atoms with Crippen LogP contribution in [0.3, 0.4) is 0 Å². The van der Waals surface area contributed by atoms with Crippen molar-refractivity contribution >= 4 is 11.9 Å². The van der Waals surface area contributed by atoms with Crippen molar-refractivity contribution in [2.24, 2.45) is 0 Å². The lowest BCUT2D eigenvalue weighted by atomic mass is 10.0. The van der Waals surface area contributed by atoms with Gasteiger partial charge in [0, 0.05) is 20.0 Å². The van der Waals surface area contributed by atoms with Crippen LogP contribution in [0.2, 0.25) is 0 Å². The molecule has 5 heteroatoms. The molecule has 0 saturated heterocycles. The summed E-state index contributed by atoms with van der Waals surface area (Å²) in [6.45, 7) is 3.49. The van der Waals surface area contributed by atoms with Gasteiger partial charge in [0.2, 0.25) is 0 Å². The lowest BCUT2D eigenvalue weighted by Gasteiger charge is -2.06. The number of ether oxygens (including phenoxy) is 3. The Balaban J connectivity index is 3.23. The zero-order chi connectivity index (χ0) is 21.4. The summed E-state index contributed by atoms with van der Waals surface area (Å²) in [4.78, 5) is 23.0. The summed E-state index contributed by atoms with van der Waals surface area (Å²) in [5.74, 6) is -0.390. The Labute approximate surface area is 179 Å². The topological polar surface area (TPSA) is 61.8 Å². The molecule has 0 aromatic carbocycles. The first-order chi connectivity index (χ1) is 14.2. The number of methoxy groups -OCH3 is 1. The standard InChI is InChI=1S/C24H46O5/c1-3-4-5-6-7-8-9-10-11-12-13-14-17-20-28-23(25)18-15-16-19-24(26)29-22-21-27-2/h3-22H2,1-2H3. The largest absolute Gasteiger partial charge is 0.466 e. The van der Waals surface area contributed by atoms with E-state index >= 15 is 0 Å². The van der Waals surface area contributed by atoms with Crippen molar-refractivity contribution in [3.63, 3.8) is 0 Å². The zero-order valence-corrected chi connectivity index (χ0v) is 19.2. The van der Waals surface area contributed by atoms with Gasteiger partial charge in [-0.25, -0.2) is 0 Å². The molecule has 0 fully saturated rings. The first-order valence-corrected chi connectivity index (χ1v) is 12.0. The Bertz CT molecular complexity index is 370. The lowest BCUT2D eigenvalue weighted by molar-refractivity contribution is -0.146. The summed E-state index contributed by atoms with van der Waals surface area (Å²) in [7, 11) is 1.57. The predicted octanol–water partition coefficient (Wildman–Crippen LogP) is 6.37. The number of unbranched alkanes of at least 4 members (excludes halogenated alkanes) is 13. The predicted molar refractivity (Wildman–Crippen MR) is 118 cm³/mol. The molecule has 0 radical (unpaired) electrons. The van der Waals surface area contributed by atoms with E-state index in [0.717, 1.165) is 12.8 Å². The SMILES string of the molecule is CCCCCCCCCCCCCCCOC(=O)CCCCC(=O)OCCOC. The fourth-order valence-electron chi connectivity index (χ4n) is 3.23. The number of hydrogen-bond acceptors (Lipinski definition) is 5. The second-order valence-electron chi connectivity index (χ2n) is 7.88. The molecule has 0 aliphatic rings. The fourth-order valence-corrected chi connectivity index (χ4v) is 3.23. The van der Waals surface area contributed by atoms with Crippen molar-refractivity contribution in [2.45, 2.75) is 116 Å². The van der Waals surface area contributed by atoms with Gasteiger partial charge in [0.05, 0.1) is 13.2 Å². The van der Waals surface area contributed by atoms with E-state index < -0.39 is 0 Å². The van der Waals surface area contributed by atoms with E-state index in [9.17, 15) is 9.59 Å². The Hall–Kier alpha value is -1.10. The van der Waals surface area contributed by atoms with Crippen molar-refractivity contribution in [1.29, 1.82) is 0 Å². The molecule has 0 N–H and O–H groups in total. The van der Waals surface area contributed by atoms with E-state index in [1.165, 1.54) is 70.6 Å². The molecule has 5 nitrogen and oxygen atoms in total. The first kappa shape index (κ1) is 27.9. The van der Waals surface area contributed by atoms with E-state index in [0.29, 0.717) is 38.9 Å². The van der Waals surface area contributed by atoms with Crippen LogP contribution >= 0.6 is 0 Å². The Kier molecular flexibility index (Phi) is 22.3. The van der Waals surface area contributed by atoms with E-state index in [1.54, 1.807) is 7.11 Å². The second kappa shape index (κ2) is 23.2. The van der Waals surface area contributed by atoms with Gasteiger partial charge in [-0.05, 0) is 19.3 Å². The Morgan fingerprint density at radius 3 is 1.38 bits per heavy atom. The summed E-state index contributed by atoms with van der Waals surface area (Å²) in [6, 6.07) is 0. The highest BCUT2D eigenvalue weighted by atomic mass is 16.6. The molecule has 0 saturated carbocycles. The number of rotatable bonds is 22. The van der Waals surface area contributed by atoms with Crippen LogP contribution in [0.1, 0.15) is 116 Å². The highest BCUT2D eigenvalue weighted by Crippen LogP contribution is 2.12. The smallest absolute Gasteiger partial charge is 0.305 e. The molecule has 0 aliphatic heterocycles. The molecule has 0 aromatic rings. The molecule has 0 rings (SSSR count). The molecule has 29 heavy (non-hydrogen) atoms. The third-order valence-electron chi connectivity index (χ3n) is 5.07. The number of esters is 2. The van der Waals surface area contributed by atoms with Crippen LogP contribution in [0.15, 0.2) is 0 Å². The zero-order valence-electron chi connectivity index (χ0n) is 19.2. The molecule has 0 heterocycles. The minimum atomic E-state index is -0.234. The molecule has 0 spiro atoms. The van der Waals surface area contributed by atoms with Gasteiger partial charge in [0.15, 0.2) is 0 Å². The highest BCUT2D eigenvalue weighted by molar-refractivity contribution is 5.70. The van der Waals surface area contributed by atoms with E-state index in [4.69, 9.17) is 14.2 Å². The van der Waals surface area contributed by atoms with Crippen LogP contribution in [0.4, 0.5) is 0 Å². The van der Waals surface area contributed by atoms with Crippen molar-refractivity contribution in [3.8, 4) is 0 Å². The average molecular weight is 415 g/mol. The normalized spacial score (nSPS) is 10.8. The maximum Gasteiger partial charge on any atom is 0.305 e. The summed E-state index contributed by atoms with van der Waals surface area (Å²) in [5.41, 5.74) is 0. The van der Waals surface area contributed by atoms with Crippen LogP contribution in [0.5, 0.6) is 0 Å². The third-order valence-corrected chi connectivity index (χ3v) is 5.07. The number of carbonyl (C=O) groups excluding carboxylic acids is 2. The van der Waals surface area contributed by atoms with Gasteiger partial charge in [-0.15, -0.1) is 0 Å². The molecule has 0 aromatic heterocycles. The van der Waals surface area contributed by atoms with Gasteiger partial charge in [0.25, 0.3) is 0 Å². The van der Waals surface area contributed by atoms with Gasteiger partial charge < -0.3 is 14.2 Å². The number of hydrogen-bond donors (Lipinski definition) is 0. The van der Waals surface area contributed by atoms with Gasteiger partial charge in [-0.1, -0.05) is 84.0 Å². The molecule has 0 atom stereocenters. The van der Waals surface area contributed by atoms with Crippen LogP contribution in [-0.4, -0.2) is 38.9 Å². The van der Waals surface area contributed by atoms with Crippen molar-refractivity contribution in [3.05, 3.63) is 0 Å². The van der Waals surface area contributed by atoms with E-state index in [1.807, 2.05) is 0 Å². The Morgan fingerprint density at radius 1 is 0.517 bits per heavy atom. The molecule has 0 amide bonds. The number of carbonyl (C=O) groups is 2. The van der Waals surface area contributed by atoms with Gasteiger partial charge in [0.1, 0.15) is 6.61 Å². The van der Waals surface area contributed by atoms with Gasteiger partial charge in [-0.2, -0.15) is 0 Å². The van der Waals surface area contributed by atoms with Crippen LogP contribution in [-0.2, 0) is 23.8 Å². The van der Waals surface area contributed by atoms with E-state index in [-0.39, 0.29) is 18.5 Å². The average Bonchev–Trinajstić information content (AvgIpc) is 2.71. The molecular weight excluding hydrogens is 368 g/mol. The summed E-state index contributed by atoms with van der Waals surface area (Å²) in [5, 5.41) is 0. The van der Waals surface area contributed by atoms with Crippen LogP contribution < -0.4 is 0 Å². The summed E-state index contributed by atoms with van der Waals surface area (Å²) >= 11 is 0. The molecule has 0 bridgehead atoms. The molecule has 0 aliphatic carbocycles. The maximum absolute atomic E-state index is 11.7. The minimum Gasteiger partial charge on any atom is -0.466 e. The van der Waals surface area contributed by atoms with Gasteiger partial charge >= 0.3 is 11.9 Å². The highest BCUT2D eigenvalue weighted by Gasteiger charge is 2.06. The monoisotopic (exact) mass is 414 g/mol. The summed E-state index contributed by atoms with van der Waals surface area (Å²) < 4.78 is 15.0. The second-order valence-corrected chi connectivity index (χ2v) is 7.88. The minimum absolute atomic E-state index is 0.156. The van der Waals surface area contributed by atoms with Crippen molar-refractivity contribution in [2.75, 3.05) is 26.9 Å². The van der Waals surface area contributed by atoms with Crippen LogP contribution in [0.25, 0.3) is 0 Å². The maximum atomic E-state index is 11.7. The molecule has 0 unspecified atom stereocenters. The molecular formula is C24H46O5. The quantitative estimate of drug-likeness (QED) is 0.152. The van der Waals surface area contributed by atoms with E-state index in [2.05, 4.69) is 6.92 Å². The van der Waals surface area contributed by atoms with Gasteiger partial charge in [-0.3, -0.25) is 9.59 Å². The van der Waals surface area contributed by atoms with Crippen molar-refractivity contribution in [1.82, 2.24) is 0 Å². The fraction of sp³-hybridized carbons (Fsp3) is 0.917.